The van der Waals surface area contributed by atoms with Crippen LogP contribution in [0.2, 0.25) is 5.02 Å². The molecule has 44 heavy (non-hydrogen) atoms. The van der Waals surface area contributed by atoms with E-state index in [0.29, 0.717) is 0 Å². The number of halogens is 1. The Morgan fingerprint density at radius 2 is 1.70 bits per heavy atom. The van der Waals surface area contributed by atoms with Crippen LogP contribution in [0.1, 0.15) is 44.4 Å². The van der Waals surface area contributed by atoms with Crippen LogP contribution < -0.4 is 14.4 Å². The molecule has 0 radical (unpaired) electrons. The van der Waals surface area contributed by atoms with E-state index in [9.17, 15) is 28.1 Å². The van der Waals surface area contributed by atoms with Crippen LogP contribution in [-0.2, 0) is 26.2 Å². The van der Waals surface area contributed by atoms with Gasteiger partial charge < -0.3 is 15.0 Å². The van der Waals surface area contributed by atoms with E-state index in [2.05, 4.69) is 5.32 Å². The number of anilines is 1. The summed E-state index contributed by atoms with van der Waals surface area (Å²) < 4.78 is 34.7. The van der Waals surface area contributed by atoms with Gasteiger partial charge in [-0.2, -0.15) is 0 Å². The molecule has 0 fully saturated rings. The fourth-order valence-corrected chi connectivity index (χ4v) is 6.08. The minimum absolute atomic E-state index is 0.0147. The van der Waals surface area contributed by atoms with E-state index in [0.717, 1.165) is 21.5 Å². The lowest BCUT2D eigenvalue weighted by Gasteiger charge is -2.34. The Labute approximate surface area is 263 Å². The number of nitro benzene ring substituents is 1. The Morgan fingerprint density at radius 3 is 2.30 bits per heavy atom. The zero-order valence-electron chi connectivity index (χ0n) is 25.8. The molecule has 236 valence electrons. The molecule has 1 N–H and O–H groups in total. The first kappa shape index (κ1) is 34.3. The third-order valence-corrected chi connectivity index (χ3v) is 8.91. The van der Waals surface area contributed by atoms with E-state index in [4.69, 9.17) is 16.3 Å². The molecular weight excluding hydrogens is 608 g/mol. The lowest BCUT2D eigenvalue weighted by molar-refractivity contribution is -0.385. The van der Waals surface area contributed by atoms with Crippen LogP contribution in [-0.4, -0.2) is 55.3 Å². The van der Waals surface area contributed by atoms with Crippen LogP contribution in [0.4, 0.5) is 11.4 Å². The molecule has 3 aromatic carbocycles. The summed E-state index contributed by atoms with van der Waals surface area (Å²) in [5.74, 6) is -1.03. The van der Waals surface area contributed by atoms with Crippen molar-refractivity contribution in [1.29, 1.82) is 0 Å². The first-order valence-electron chi connectivity index (χ1n) is 13.7. The van der Waals surface area contributed by atoms with E-state index >= 15 is 0 Å². The summed E-state index contributed by atoms with van der Waals surface area (Å²) in [4.78, 5) is 39.4. The smallest absolute Gasteiger partial charge is 0.273 e. The monoisotopic (exact) mass is 644 g/mol. The van der Waals surface area contributed by atoms with Crippen LogP contribution in [0.5, 0.6) is 5.75 Å². The van der Waals surface area contributed by atoms with Gasteiger partial charge in [-0.05, 0) is 76.9 Å². The van der Waals surface area contributed by atoms with Gasteiger partial charge in [0.1, 0.15) is 18.3 Å². The number of rotatable bonds is 11. The van der Waals surface area contributed by atoms with Crippen LogP contribution in [0.15, 0.2) is 65.6 Å². The van der Waals surface area contributed by atoms with Gasteiger partial charge in [0, 0.05) is 28.7 Å². The van der Waals surface area contributed by atoms with Gasteiger partial charge in [-0.3, -0.25) is 24.0 Å². The first-order valence-corrected chi connectivity index (χ1v) is 15.6. The Hall–Kier alpha value is -4.16. The minimum Gasteiger partial charge on any atom is -0.495 e. The second kappa shape index (κ2) is 13.6. The topological polar surface area (TPSA) is 139 Å². The van der Waals surface area contributed by atoms with Crippen molar-refractivity contribution in [2.24, 2.45) is 0 Å². The van der Waals surface area contributed by atoms with Crippen LogP contribution in [0, 0.1) is 24.0 Å². The molecule has 11 nitrogen and oxygen atoms in total. The predicted octanol–water partition coefficient (Wildman–Crippen LogP) is 5.40. The molecule has 13 heteroatoms. The fraction of sp³-hybridized carbons (Fsp3) is 0.355. The number of nitrogens with one attached hydrogen (secondary N) is 1. The largest absolute Gasteiger partial charge is 0.495 e. The quantitative estimate of drug-likeness (QED) is 0.218. The molecule has 0 spiro atoms. The summed E-state index contributed by atoms with van der Waals surface area (Å²) in [6, 6.07) is 14.1. The van der Waals surface area contributed by atoms with E-state index < -0.39 is 55.5 Å². The molecule has 0 aliphatic carbocycles. The average Bonchev–Trinajstić information content (AvgIpc) is 2.94. The van der Waals surface area contributed by atoms with Crippen molar-refractivity contribution in [3.05, 3.63) is 92.5 Å². The van der Waals surface area contributed by atoms with Crippen LogP contribution in [0.25, 0.3) is 0 Å². The number of aryl methyl sites for hydroxylation is 2. The first-order chi connectivity index (χ1) is 20.5. The molecule has 2 amide bonds. The summed E-state index contributed by atoms with van der Waals surface area (Å²) >= 11 is 6.26. The van der Waals surface area contributed by atoms with Gasteiger partial charge in [-0.1, -0.05) is 41.9 Å². The van der Waals surface area contributed by atoms with E-state index in [1.807, 2.05) is 52.0 Å². The summed E-state index contributed by atoms with van der Waals surface area (Å²) in [5.41, 5.74) is 0.858. The van der Waals surface area contributed by atoms with Gasteiger partial charge in [-0.25, -0.2) is 8.42 Å². The summed E-state index contributed by atoms with van der Waals surface area (Å²) in [7, 11) is -3.29. The zero-order valence-corrected chi connectivity index (χ0v) is 27.3. The Kier molecular flexibility index (Phi) is 10.6. The highest BCUT2D eigenvalue weighted by Crippen LogP contribution is 2.36. The number of sulfonamides is 1. The van der Waals surface area contributed by atoms with E-state index in [1.54, 1.807) is 6.92 Å². The lowest BCUT2D eigenvalue weighted by atomic mass is 10.1. The van der Waals surface area contributed by atoms with Crippen LogP contribution in [0.3, 0.4) is 0 Å². The second-order valence-electron chi connectivity index (χ2n) is 11.4. The number of hydrogen-bond acceptors (Lipinski definition) is 7. The highest BCUT2D eigenvalue weighted by atomic mass is 35.5. The van der Waals surface area contributed by atoms with Crippen molar-refractivity contribution in [3.8, 4) is 5.75 Å². The summed E-state index contributed by atoms with van der Waals surface area (Å²) in [6.45, 7) is 9.61. The number of amides is 2. The van der Waals surface area contributed by atoms with Gasteiger partial charge in [0.25, 0.3) is 15.7 Å². The number of methoxy groups -OCH3 is 1. The van der Waals surface area contributed by atoms with E-state index in [-0.39, 0.29) is 28.6 Å². The third kappa shape index (κ3) is 8.06. The standard InChI is InChI=1S/C31H37ClN4O7S/c1-20-10-8-9-11-23(20)18-34(22(3)30(38)33-31(4,5)6)29(37)19-35(27-16-24(32)13-15-28(27)43-7)44(41,42)25-14-12-21(2)26(17-25)36(39)40/h8-17,22H,18-19H2,1-7H3,(H,33,38)/t22-/m1/s1. The molecule has 0 saturated heterocycles. The second-order valence-corrected chi connectivity index (χ2v) is 13.7. The number of hydrogen-bond donors (Lipinski definition) is 1. The minimum atomic E-state index is -4.62. The molecule has 0 aliphatic heterocycles. The molecule has 0 heterocycles. The Morgan fingerprint density at radius 1 is 1.05 bits per heavy atom. The molecule has 3 rings (SSSR count). The van der Waals surface area contributed by atoms with E-state index in [1.165, 1.54) is 49.3 Å². The predicted molar refractivity (Wildman–Crippen MR) is 169 cm³/mol. The maximum atomic E-state index is 14.2. The molecule has 3 aromatic rings. The molecule has 0 aromatic heterocycles. The molecular formula is C31H37ClN4O7S. The van der Waals surface area contributed by atoms with Crippen molar-refractivity contribution in [1.82, 2.24) is 10.2 Å². The molecule has 0 bridgehead atoms. The van der Waals surface area contributed by atoms with Gasteiger partial charge in [0.15, 0.2) is 0 Å². The molecule has 0 unspecified atom stereocenters. The number of benzene rings is 3. The average molecular weight is 645 g/mol. The lowest BCUT2D eigenvalue weighted by Crippen LogP contribution is -2.54. The van der Waals surface area contributed by atoms with Crippen molar-refractivity contribution in [2.45, 2.75) is 64.6 Å². The van der Waals surface area contributed by atoms with Crippen LogP contribution >= 0.6 is 11.6 Å². The maximum Gasteiger partial charge on any atom is 0.273 e. The molecule has 1 atom stereocenters. The van der Waals surface area contributed by atoms with Gasteiger partial charge in [0.2, 0.25) is 11.8 Å². The van der Waals surface area contributed by atoms with Gasteiger partial charge >= 0.3 is 0 Å². The number of carbonyl (C=O) groups is 2. The van der Waals surface area contributed by atoms with Crippen molar-refractivity contribution >= 4 is 44.8 Å². The molecule has 0 aliphatic rings. The summed E-state index contributed by atoms with van der Waals surface area (Å²) in [5, 5.41) is 14.7. The fourth-order valence-electron chi connectivity index (χ4n) is 4.47. The van der Waals surface area contributed by atoms with Gasteiger partial charge in [0.05, 0.1) is 22.6 Å². The van der Waals surface area contributed by atoms with Crippen molar-refractivity contribution in [2.75, 3.05) is 18.0 Å². The highest BCUT2D eigenvalue weighted by molar-refractivity contribution is 7.92. The third-order valence-electron chi connectivity index (χ3n) is 6.92. The van der Waals surface area contributed by atoms with Crippen molar-refractivity contribution < 1.29 is 27.7 Å². The number of ether oxygens (including phenoxy) is 1. The summed E-state index contributed by atoms with van der Waals surface area (Å²) in [6.07, 6.45) is 0. The molecule has 0 saturated carbocycles. The number of nitrogens with zero attached hydrogens (tertiary/aromatic N) is 3. The number of carbonyl (C=O) groups excluding carboxylic acids is 2. The van der Waals surface area contributed by atoms with Crippen molar-refractivity contribution in [3.63, 3.8) is 0 Å². The SMILES string of the molecule is COc1ccc(Cl)cc1N(CC(=O)N(Cc1ccccc1C)[C@H](C)C(=O)NC(C)(C)C)S(=O)(=O)c1ccc(C)c([N+](=O)[O-])c1. The zero-order chi connectivity index (χ0) is 33.0. The maximum absolute atomic E-state index is 14.2. The Bertz CT molecular complexity index is 1670. The highest BCUT2D eigenvalue weighted by Gasteiger charge is 2.35. The number of nitro groups is 1. The van der Waals surface area contributed by atoms with Gasteiger partial charge in [-0.15, -0.1) is 0 Å². The Balaban J connectivity index is 2.18. The normalized spacial score (nSPS) is 12.3.